The summed E-state index contributed by atoms with van der Waals surface area (Å²) in [5.74, 6) is -1.35. The molecule has 0 saturated heterocycles. The average Bonchev–Trinajstić information content (AvgIpc) is 3.65. The van der Waals surface area contributed by atoms with E-state index >= 15 is 0 Å². The molecule has 0 saturated carbocycles. The lowest BCUT2D eigenvalue weighted by molar-refractivity contribution is -0.161. The number of unbranched alkanes of at least 4 members (excludes halogenated alkanes) is 41. The Morgan fingerprint density at radius 2 is 0.523 bits per heavy atom. The molecule has 0 bridgehead atoms. The van der Waals surface area contributed by atoms with Crippen LogP contribution >= 0.6 is 15.6 Å². The Labute approximate surface area is 537 Å². The third-order valence-corrected chi connectivity index (χ3v) is 17.9. The summed E-state index contributed by atoms with van der Waals surface area (Å²) >= 11 is 0. The number of aliphatic hydroxyl groups excluding tert-OH is 1. The van der Waals surface area contributed by atoms with Crippen molar-refractivity contribution in [2.24, 2.45) is 5.92 Å². The molecule has 5 atom stereocenters. The molecule has 0 aromatic rings. The van der Waals surface area contributed by atoms with Crippen molar-refractivity contribution in [3.05, 3.63) is 0 Å². The molecule has 522 valence electrons. The second-order valence-corrected chi connectivity index (χ2v) is 28.3. The van der Waals surface area contributed by atoms with Crippen molar-refractivity contribution in [3.8, 4) is 0 Å². The standard InChI is InChI=1S/C69H134O17P2/c1-6-9-12-15-16-17-18-19-20-21-22-23-24-25-26-31-34-37-40-45-50-55-69(74)86-65(59-80-67(72)53-48-44-39-36-33-30-28-27-29-32-35-38-43-46-51-62(4)5)61-84-88(77,78)82-57-63(70)56-81-87(75,76)83-60-64(85-68(73)54-49-42-14-11-8-3)58-79-66(71)52-47-41-13-10-7-2/h62-65,70H,6-61H2,1-5H3,(H,75,76)(H,77,78)/t63-,64+,65+/m0/s1. The molecule has 0 heterocycles. The Kier molecular flexibility index (Phi) is 61.1. The van der Waals surface area contributed by atoms with Gasteiger partial charge >= 0.3 is 39.5 Å². The highest BCUT2D eigenvalue weighted by molar-refractivity contribution is 7.47. The van der Waals surface area contributed by atoms with Gasteiger partial charge in [-0.1, -0.05) is 304 Å². The maximum atomic E-state index is 13.0. The minimum atomic E-state index is -4.95. The molecule has 88 heavy (non-hydrogen) atoms. The van der Waals surface area contributed by atoms with Gasteiger partial charge in [0.25, 0.3) is 0 Å². The third-order valence-electron chi connectivity index (χ3n) is 16.0. The van der Waals surface area contributed by atoms with Gasteiger partial charge in [0, 0.05) is 25.7 Å². The maximum absolute atomic E-state index is 13.0. The van der Waals surface area contributed by atoms with Gasteiger partial charge in [0.1, 0.15) is 19.3 Å². The van der Waals surface area contributed by atoms with Crippen molar-refractivity contribution in [3.63, 3.8) is 0 Å². The van der Waals surface area contributed by atoms with Crippen LogP contribution in [0.4, 0.5) is 0 Å². The maximum Gasteiger partial charge on any atom is 0.472 e. The van der Waals surface area contributed by atoms with E-state index in [9.17, 15) is 43.2 Å². The fourth-order valence-electron chi connectivity index (χ4n) is 10.5. The van der Waals surface area contributed by atoms with Crippen LogP contribution in [0, 0.1) is 5.92 Å². The Morgan fingerprint density at radius 3 is 0.773 bits per heavy atom. The molecule has 17 nitrogen and oxygen atoms in total. The molecule has 0 rings (SSSR count). The zero-order valence-electron chi connectivity index (χ0n) is 56.9. The fourth-order valence-corrected chi connectivity index (χ4v) is 12.0. The van der Waals surface area contributed by atoms with E-state index < -0.39 is 97.5 Å². The van der Waals surface area contributed by atoms with Crippen molar-refractivity contribution in [1.29, 1.82) is 0 Å². The summed E-state index contributed by atoms with van der Waals surface area (Å²) in [5.41, 5.74) is 0. The summed E-state index contributed by atoms with van der Waals surface area (Å²) in [6, 6.07) is 0. The van der Waals surface area contributed by atoms with Crippen LogP contribution in [0.15, 0.2) is 0 Å². The molecule has 0 radical (unpaired) electrons. The van der Waals surface area contributed by atoms with Gasteiger partial charge in [-0.15, -0.1) is 0 Å². The predicted octanol–water partition coefficient (Wildman–Crippen LogP) is 19.7. The van der Waals surface area contributed by atoms with Gasteiger partial charge in [0.2, 0.25) is 0 Å². The van der Waals surface area contributed by atoms with E-state index in [1.807, 2.05) is 0 Å². The van der Waals surface area contributed by atoms with E-state index in [1.54, 1.807) is 0 Å². The average molecular weight is 1300 g/mol. The summed E-state index contributed by atoms with van der Waals surface area (Å²) in [5, 5.41) is 10.5. The molecule has 2 unspecified atom stereocenters. The normalized spacial score (nSPS) is 14.1. The minimum Gasteiger partial charge on any atom is -0.462 e. The SMILES string of the molecule is CCCCCCCCCCCCCCCCCCCCCCCC(=O)O[C@H](COC(=O)CCCCCCCCCCCCCCCCC(C)C)COP(=O)(O)OC[C@@H](O)COP(=O)(O)OC[C@@H](COC(=O)CCCCCCC)OC(=O)CCCCCCC. The van der Waals surface area contributed by atoms with E-state index in [4.69, 9.17) is 37.0 Å². The number of hydrogen-bond acceptors (Lipinski definition) is 15. The number of carbonyl (C=O) groups is 4. The first-order valence-corrected chi connectivity index (χ1v) is 39.1. The number of phosphoric ester groups is 2. The highest BCUT2D eigenvalue weighted by atomic mass is 31.2. The lowest BCUT2D eigenvalue weighted by Gasteiger charge is -2.21. The second-order valence-electron chi connectivity index (χ2n) is 25.4. The molecule has 19 heteroatoms. The van der Waals surface area contributed by atoms with Gasteiger partial charge in [-0.2, -0.15) is 0 Å². The second kappa shape index (κ2) is 62.5. The number of carbonyl (C=O) groups excluding carboxylic acids is 4. The molecule has 0 aromatic heterocycles. The van der Waals surface area contributed by atoms with Gasteiger partial charge in [-0.05, 0) is 31.6 Å². The number of rotatable bonds is 69. The van der Waals surface area contributed by atoms with E-state index in [2.05, 4.69) is 34.6 Å². The lowest BCUT2D eigenvalue weighted by atomic mass is 10.0. The van der Waals surface area contributed by atoms with Gasteiger partial charge in [-0.3, -0.25) is 37.3 Å². The smallest absolute Gasteiger partial charge is 0.462 e. The molecular formula is C69H134O17P2. The molecule has 0 spiro atoms. The number of aliphatic hydroxyl groups is 1. The first-order chi connectivity index (χ1) is 42.5. The Balaban J connectivity index is 5.04. The highest BCUT2D eigenvalue weighted by Gasteiger charge is 2.30. The summed E-state index contributed by atoms with van der Waals surface area (Å²) < 4.78 is 67.7. The molecular weight excluding hydrogens is 1160 g/mol. The quantitative estimate of drug-likeness (QED) is 0.0222. The number of ether oxygens (including phenoxy) is 4. The van der Waals surface area contributed by atoms with Crippen LogP contribution in [0.5, 0.6) is 0 Å². The molecule has 3 N–H and O–H groups in total. The van der Waals surface area contributed by atoms with E-state index in [0.717, 1.165) is 102 Å². The molecule has 0 aliphatic rings. The van der Waals surface area contributed by atoms with E-state index in [0.29, 0.717) is 25.7 Å². The van der Waals surface area contributed by atoms with Crippen LogP contribution in [0.1, 0.15) is 356 Å². The van der Waals surface area contributed by atoms with Gasteiger partial charge in [0.05, 0.1) is 26.4 Å². The predicted molar refractivity (Wildman–Crippen MR) is 354 cm³/mol. The topological polar surface area (TPSA) is 237 Å². The van der Waals surface area contributed by atoms with Crippen molar-refractivity contribution < 1.29 is 80.2 Å². The first kappa shape index (κ1) is 86.1. The monoisotopic (exact) mass is 1300 g/mol. The fraction of sp³-hybridized carbons (Fsp3) is 0.942. The zero-order valence-corrected chi connectivity index (χ0v) is 58.6. The summed E-state index contributed by atoms with van der Waals surface area (Å²) in [6.07, 6.45) is 49.7. The molecule has 0 aliphatic carbocycles. The van der Waals surface area contributed by atoms with Crippen LogP contribution in [0.25, 0.3) is 0 Å². The van der Waals surface area contributed by atoms with Crippen molar-refractivity contribution in [2.45, 2.75) is 374 Å². The highest BCUT2D eigenvalue weighted by Crippen LogP contribution is 2.45. The van der Waals surface area contributed by atoms with E-state index in [-0.39, 0.29) is 25.7 Å². The minimum absolute atomic E-state index is 0.0991. The number of hydrogen-bond donors (Lipinski definition) is 3. The van der Waals surface area contributed by atoms with Gasteiger partial charge in [0.15, 0.2) is 12.2 Å². The van der Waals surface area contributed by atoms with Crippen LogP contribution < -0.4 is 0 Å². The molecule has 0 aromatic carbocycles. The van der Waals surface area contributed by atoms with Crippen molar-refractivity contribution in [1.82, 2.24) is 0 Å². The summed E-state index contributed by atoms with van der Waals surface area (Å²) in [4.78, 5) is 71.9. The Hall–Kier alpha value is -1.94. The van der Waals surface area contributed by atoms with Gasteiger partial charge in [-0.25, -0.2) is 9.13 Å². The molecule has 0 fully saturated rings. The van der Waals surface area contributed by atoms with Crippen LogP contribution in [-0.2, 0) is 65.4 Å². The van der Waals surface area contributed by atoms with E-state index in [1.165, 1.54) is 173 Å². The van der Waals surface area contributed by atoms with Crippen LogP contribution in [0.2, 0.25) is 0 Å². The van der Waals surface area contributed by atoms with Crippen molar-refractivity contribution in [2.75, 3.05) is 39.6 Å². The third kappa shape index (κ3) is 62.8. The summed E-state index contributed by atoms with van der Waals surface area (Å²) in [7, 11) is -9.87. The molecule has 0 aliphatic heterocycles. The Bertz CT molecular complexity index is 1700. The Morgan fingerprint density at radius 1 is 0.307 bits per heavy atom. The van der Waals surface area contributed by atoms with Crippen LogP contribution in [-0.4, -0.2) is 96.7 Å². The first-order valence-electron chi connectivity index (χ1n) is 36.1. The number of phosphoric acid groups is 2. The summed E-state index contributed by atoms with van der Waals surface area (Å²) in [6.45, 7) is 7.07. The van der Waals surface area contributed by atoms with Crippen molar-refractivity contribution >= 4 is 39.5 Å². The number of esters is 4. The molecule has 0 amide bonds. The lowest BCUT2D eigenvalue weighted by Crippen LogP contribution is -2.30. The van der Waals surface area contributed by atoms with Crippen LogP contribution in [0.3, 0.4) is 0 Å². The largest absolute Gasteiger partial charge is 0.472 e. The zero-order chi connectivity index (χ0) is 64.9. The van der Waals surface area contributed by atoms with Gasteiger partial charge < -0.3 is 33.8 Å².